The molecule has 0 bridgehead atoms. The van der Waals surface area contributed by atoms with E-state index in [1.165, 1.54) is 4.68 Å². The zero-order chi connectivity index (χ0) is 28.9. The fraction of sp³-hybridized carbons (Fsp3) is 0.171. The molecule has 6 heteroatoms. The van der Waals surface area contributed by atoms with Crippen molar-refractivity contribution in [1.82, 2.24) is 14.7 Å². The van der Waals surface area contributed by atoms with Crippen molar-refractivity contribution in [3.63, 3.8) is 0 Å². The Morgan fingerprint density at radius 3 is 1.78 bits per heavy atom. The van der Waals surface area contributed by atoms with Crippen LogP contribution < -0.4 is 5.56 Å². The highest BCUT2D eigenvalue weighted by atomic mass is 16.2. The van der Waals surface area contributed by atoms with Gasteiger partial charge in [0, 0.05) is 11.6 Å². The van der Waals surface area contributed by atoms with Crippen LogP contribution in [0.1, 0.15) is 46.8 Å². The third kappa shape index (κ3) is 5.82. The van der Waals surface area contributed by atoms with Gasteiger partial charge in [0.15, 0.2) is 5.78 Å². The Morgan fingerprint density at radius 1 is 0.756 bits per heavy atom. The number of benzene rings is 4. The fourth-order valence-corrected chi connectivity index (χ4v) is 5.07. The predicted molar refractivity (Wildman–Crippen MR) is 162 cm³/mol. The SMILES string of the molecule is Cc1ccc(-n2[nH]c(-c3ccccc3)c(C(=O)CN(C(=O)C(c3ccccc3)c3ccccc3)C(C)C)c2=O)cc1. The Hall–Kier alpha value is -4.97. The highest BCUT2D eigenvalue weighted by Gasteiger charge is 2.32. The number of hydrogen-bond donors (Lipinski definition) is 1. The Balaban J connectivity index is 1.56. The Morgan fingerprint density at radius 2 is 1.27 bits per heavy atom. The van der Waals surface area contributed by atoms with Gasteiger partial charge >= 0.3 is 0 Å². The molecule has 0 saturated heterocycles. The van der Waals surface area contributed by atoms with E-state index in [1.807, 2.05) is 136 Å². The first kappa shape index (κ1) is 27.6. The van der Waals surface area contributed by atoms with Gasteiger partial charge in [0.25, 0.3) is 5.56 Å². The number of aromatic amines is 1. The molecule has 0 fully saturated rings. The number of nitrogens with one attached hydrogen (secondary N) is 1. The van der Waals surface area contributed by atoms with Crippen molar-refractivity contribution >= 4 is 11.7 Å². The molecule has 1 N–H and O–H groups in total. The number of hydrogen-bond acceptors (Lipinski definition) is 3. The summed E-state index contributed by atoms with van der Waals surface area (Å²) in [5.41, 5.74) is 4.10. The number of Topliss-reactive ketones (excluding diaryl/α,β-unsaturated/α-hetero) is 1. The largest absolute Gasteiger partial charge is 0.332 e. The predicted octanol–water partition coefficient (Wildman–Crippen LogP) is 6.39. The summed E-state index contributed by atoms with van der Waals surface area (Å²) in [5, 5.41) is 3.17. The van der Waals surface area contributed by atoms with Crippen LogP contribution in [0.5, 0.6) is 0 Å². The average Bonchev–Trinajstić information content (AvgIpc) is 3.34. The summed E-state index contributed by atoms with van der Waals surface area (Å²) in [5.74, 6) is -1.20. The van der Waals surface area contributed by atoms with Gasteiger partial charge in [0.1, 0.15) is 5.56 Å². The molecule has 4 aromatic carbocycles. The van der Waals surface area contributed by atoms with Crippen LogP contribution in [0, 0.1) is 6.92 Å². The molecule has 41 heavy (non-hydrogen) atoms. The maximum absolute atomic E-state index is 14.2. The molecule has 1 heterocycles. The minimum absolute atomic E-state index is 0.0335. The van der Waals surface area contributed by atoms with E-state index in [9.17, 15) is 14.4 Å². The second-order valence-corrected chi connectivity index (χ2v) is 10.4. The summed E-state index contributed by atoms with van der Waals surface area (Å²) in [6.07, 6.45) is 0. The van der Waals surface area contributed by atoms with Crippen LogP contribution in [0.15, 0.2) is 120 Å². The van der Waals surface area contributed by atoms with E-state index < -0.39 is 17.3 Å². The molecule has 0 atom stereocenters. The molecule has 0 aliphatic heterocycles. The fourth-order valence-electron chi connectivity index (χ4n) is 5.07. The van der Waals surface area contributed by atoms with Crippen molar-refractivity contribution in [3.05, 3.63) is 148 Å². The van der Waals surface area contributed by atoms with Crippen molar-refractivity contribution < 1.29 is 9.59 Å². The van der Waals surface area contributed by atoms with Gasteiger partial charge in [-0.2, -0.15) is 0 Å². The van der Waals surface area contributed by atoms with Crippen LogP contribution >= 0.6 is 0 Å². The summed E-state index contributed by atoms with van der Waals surface area (Å²) in [7, 11) is 0. The molecule has 0 aliphatic carbocycles. The topological polar surface area (TPSA) is 75.2 Å². The third-order valence-electron chi connectivity index (χ3n) is 7.26. The van der Waals surface area contributed by atoms with Crippen LogP contribution in [0.2, 0.25) is 0 Å². The molecule has 0 spiro atoms. The smallest absolute Gasteiger partial charge is 0.282 e. The second kappa shape index (κ2) is 12.0. The van der Waals surface area contributed by atoms with E-state index in [2.05, 4.69) is 5.10 Å². The van der Waals surface area contributed by atoms with Gasteiger partial charge in [-0.05, 0) is 44.0 Å². The van der Waals surface area contributed by atoms with Crippen LogP contribution in [0.4, 0.5) is 0 Å². The van der Waals surface area contributed by atoms with Crippen LogP contribution in [0.25, 0.3) is 16.9 Å². The van der Waals surface area contributed by atoms with Crippen molar-refractivity contribution in [2.45, 2.75) is 32.7 Å². The van der Waals surface area contributed by atoms with E-state index in [0.717, 1.165) is 16.7 Å². The maximum Gasteiger partial charge on any atom is 0.282 e. The molecular formula is C35H33N3O3. The van der Waals surface area contributed by atoms with Gasteiger partial charge in [-0.15, -0.1) is 0 Å². The first-order valence-corrected chi connectivity index (χ1v) is 13.8. The van der Waals surface area contributed by atoms with Gasteiger partial charge < -0.3 is 4.90 Å². The average molecular weight is 544 g/mol. The van der Waals surface area contributed by atoms with E-state index in [4.69, 9.17) is 0 Å². The van der Waals surface area contributed by atoms with Crippen molar-refractivity contribution in [2.24, 2.45) is 0 Å². The van der Waals surface area contributed by atoms with E-state index in [-0.39, 0.29) is 24.1 Å². The lowest BCUT2D eigenvalue weighted by Gasteiger charge is -2.30. The number of ketones is 1. The summed E-state index contributed by atoms with van der Waals surface area (Å²) in [6, 6.07) is 35.7. The molecule has 0 aliphatic rings. The van der Waals surface area contributed by atoms with Crippen LogP contribution in [-0.2, 0) is 4.79 Å². The van der Waals surface area contributed by atoms with Gasteiger partial charge in [0.2, 0.25) is 5.91 Å². The molecule has 5 rings (SSSR count). The monoisotopic (exact) mass is 543 g/mol. The lowest BCUT2D eigenvalue weighted by Crippen LogP contribution is -2.44. The Bertz CT molecular complexity index is 1650. The van der Waals surface area contributed by atoms with Crippen molar-refractivity contribution in [1.29, 1.82) is 0 Å². The number of rotatable bonds is 9. The molecule has 6 nitrogen and oxygen atoms in total. The minimum Gasteiger partial charge on any atom is -0.332 e. The van der Waals surface area contributed by atoms with Crippen LogP contribution in [-0.4, -0.2) is 39.0 Å². The summed E-state index contributed by atoms with van der Waals surface area (Å²) < 4.78 is 1.40. The van der Waals surface area contributed by atoms with Crippen molar-refractivity contribution in [3.8, 4) is 16.9 Å². The number of carbonyl (C=O) groups excluding carboxylic acids is 2. The number of aryl methyl sites for hydroxylation is 1. The molecule has 0 radical (unpaired) electrons. The lowest BCUT2D eigenvalue weighted by molar-refractivity contribution is -0.133. The number of carbonyl (C=O) groups is 2. The first-order chi connectivity index (χ1) is 19.8. The molecule has 1 amide bonds. The highest BCUT2D eigenvalue weighted by molar-refractivity contribution is 6.04. The van der Waals surface area contributed by atoms with Gasteiger partial charge in [-0.25, -0.2) is 4.68 Å². The summed E-state index contributed by atoms with van der Waals surface area (Å²) in [6.45, 7) is 5.52. The number of amides is 1. The molecule has 0 saturated carbocycles. The molecule has 5 aromatic rings. The Kier molecular flexibility index (Phi) is 8.11. The third-order valence-corrected chi connectivity index (χ3v) is 7.26. The minimum atomic E-state index is -0.586. The summed E-state index contributed by atoms with van der Waals surface area (Å²) >= 11 is 0. The molecule has 0 unspecified atom stereocenters. The number of nitrogens with zero attached hydrogens (tertiary/aromatic N) is 2. The highest BCUT2D eigenvalue weighted by Crippen LogP contribution is 2.28. The first-order valence-electron chi connectivity index (χ1n) is 13.8. The van der Waals surface area contributed by atoms with E-state index in [1.54, 1.807) is 4.90 Å². The van der Waals surface area contributed by atoms with Crippen molar-refractivity contribution in [2.75, 3.05) is 6.54 Å². The number of H-pyrrole nitrogens is 1. The second-order valence-electron chi connectivity index (χ2n) is 10.4. The van der Waals surface area contributed by atoms with E-state index in [0.29, 0.717) is 16.9 Å². The molecular weight excluding hydrogens is 510 g/mol. The number of aromatic nitrogens is 2. The molecule has 1 aromatic heterocycles. The zero-order valence-corrected chi connectivity index (χ0v) is 23.5. The summed E-state index contributed by atoms with van der Waals surface area (Å²) in [4.78, 5) is 43.6. The Labute approximate surface area is 239 Å². The normalized spacial score (nSPS) is 11.1. The van der Waals surface area contributed by atoms with Gasteiger partial charge in [0.05, 0.1) is 23.8 Å². The maximum atomic E-state index is 14.2. The van der Waals surface area contributed by atoms with Gasteiger partial charge in [-0.1, -0.05) is 109 Å². The van der Waals surface area contributed by atoms with Gasteiger partial charge in [-0.3, -0.25) is 19.5 Å². The molecule has 206 valence electrons. The quantitative estimate of drug-likeness (QED) is 0.219. The van der Waals surface area contributed by atoms with E-state index >= 15 is 0 Å². The zero-order valence-electron chi connectivity index (χ0n) is 23.5. The lowest BCUT2D eigenvalue weighted by atomic mass is 9.89. The standard InChI is InChI=1S/C35H33N3O3/c1-24(2)37(34(40)31(26-13-7-4-8-14-26)27-15-9-5-10-16-27)23-30(39)32-33(28-17-11-6-12-18-28)36-38(35(32)41)29-21-19-25(3)20-22-29/h4-22,24,31,36H,23H2,1-3H3. The van der Waals surface area contributed by atoms with Crippen LogP contribution in [0.3, 0.4) is 0 Å².